The maximum Gasteiger partial charge on any atom is 0.279 e. The predicted octanol–water partition coefficient (Wildman–Crippen LogP) is 4.84. The van der Waals surface area contributed by atoms with E-state index in [1.807, 2.05) is 38.1 Å². The Hall–Kier alpha value is -1.72. The highest BCUT2D eigenvalue weighted by Crippen LogP contribution is 2.22. The first kappa shape index (κ1) is 16.1. The number of amides is 1. The van der Waals surface area contributed by atoms with Crippen LogP contribution in [0.4, 0.5) is 0 Å². The predicted molar refractivity (Wildman–Crippen MR) is 99.0 cm³/mol. The molecule has 0 unspecified atom stereocenters. The van der Waals surface area contributed by atoms with Gasteiger partial charge in [-0.3, -0.25) is 4.79 Å². The molecule has 0 saturated heterocycles. The van der Waals surface area contributed by atoms with Crippen LogP contribution in [-0.4, -0.2) is 10.5 Å². The molecule has 0 spiro atoms. The summed E-state index contributed by atoms with van der Waals surface area (Å²) in [5, 5.41) is 0. The summed E-state index contributed by atoms with van der Waals surface area (Å²) in [4.78, 5) is 17.6. The van der Waals surface area contributed by atoms with E-state index < -0.39 is 0 Å². The van der Waals surface area contributed by atoms with Gasteiger partial charge in [-0.1, -0.05) is 33.3 Å². The molecular weight excluding hydrogens is 372 g/mol. The van der Waals surface area contributed by atoms with Gasteiger partial charge in [0, 0.05) is 16.6 Å². The summed E-state index contributed by atoms with van der Waals surface area (Å²) in [7, 11) is 0. The number of halogens is 1. The van der Waals surface area contributed by atoms with E-state index in [-0.39, 0.29) is 5.91 Å². The van der Waals surface area contributed by atoms with Gasteiger partial charge in [-0.25, -0.2) is 0 Å². The number of fused-ring (bicyclic) bond motifs is 1. The second-order valence-corrected chi connectivity index (χ2v) is 7.38. The van der Waals surface area contributed by atoms with Crippen molar-refractivity contribution in [2.45, 2.75) is 27.3 Å². The van der Waals surface area contributed by atoms with Gasteiger partial charge in [0.05, 0.1) is 10.2 Å². The van der Waals surface area contributed by atoms with Gasteiger partial charge < -0.3 is 4.57 Å². The van der Waals surface area contributed by atoms with Crippen molar-refractivity contribution in [1.29, 1.82) is 0 Å². The smallest absolute Gasteiger partial charge is 0.279 e. The monoisotopic (exact) mass is 388 g/mol. The first-order chi connectivity index (χ1) is 11.0. The minimum atomic E-state index is -0.194. The molecule has 3 aromatic rings. The Bertz CT molecular complexity index is 969. The van der Waals surface area contributed by atoms with Gasteiger partial charge in [0.25, 0.3) is 5.91 Å². The number of hydrogen-bond donors (Lipinski definition) is 0. The molecule has 1 amide bonds. The lowest BCUT2D eigenvalue weighted by Gasteiger charge is -2.02. The van der Waals surface area contributed by atoms with Crippen molar-refractivity contribution in [1.82, 2.24) is 4.57 Å². The van der Waals surface area contributed by atoms with E-state index in [0.29, 0.717) is 5.56 Å². The molecule has 3 rings (SSSR count). The van der Waals surface area contributed by atoms with E-state index >= 15 is 0 Å². The number of carbonyl (C=O) groups is 1. The van der Waals surface area contributed by atoms with Crippen molar-refractivity contribution in [3.05, 3.63) is 62.4 Å². The van der Waals surface area contributed by atoms with E-state index in [1.165, 1.54) is 16.9 Å². The Labute approximate surface area is 147 Å². The molecule has 1 heterocycles. The molecule has 5 heteroatoms. The molecule has 118 valence electrons. The quantitative estimate of drug-likeness (QED) is 0.617. The van der Waals surface area contributed by atoms with Crippen LogP contribution >= 0.6 is 27.3 Å². The molecule has 1 aromatic heterocycles. The van der Waals surface area contributed by atoms with Gasteiger partial charge in [0.15, 0.2) is 4.80 Å². The van der Waals surface area contributed by atoms with Crippen molar-refractivity contribution in [3.63, 3.8) is 0 Å². The third kappa shape index (κ3) is 3.16. The summed E-state index contributed by atoms with van der Waals surface area (Å²) in [6.07, 6.45) is 0. The summed E-state index contributed by atoms with van der Waals surface area (Å²) >= 11 is 5.03. The minimum absolute atomic E-state index is 0.194. The Morgan fingerprint density at radius 2 is 1.96 bits per heavy atom. The van der Waals surface area contributed by atoms with Crippen LogP contribution in [0.1, 0.15) is 28.4 Å². The zero-order valence-electron chi connectivity index (χ0n) is 13.3. The van der Waals surface area contributed by atoms with Crippen molar-refractivity contribution in [2.75, 3.05) is 0 Å². The SMILES string of the molecule is CCn1c(=NC(=O)c2ccc(C)c(C)c2)sc2cc(Br)ccc21. The molecule has 0 N–H and O–H groups in total. The minimum Gasteiger partial charge on any atom is -0.317 e. The number of carbonyl (C=O) groups excluding carboxylic acids is 1. The average molecular weight is 389 g/mol. The van der Waals surface area contributed by atoms with Gasteiger partial charge in [0.2, 0.25) is 0 Å². The molecule has 0 aliphatic rings. The highest BCUT2D eigenvalue weighted by molar-refractivity contribution is 9.10. The average Bonchev–Trinajstić information content (AvgIpc) is 2.85. The Morgan fingerprint density at radius 3 is 2.65 bits per heavy atom. The Kier molecular flexibility index (Phi) is 4.50. The number of rotatable bonds is 2. The molecule has 0 atom stereocenters. The normalized spacial score (nSPS) is 12.1. The van der Waals surface area contributed by atoms with Gasteiger partial charge >= 0.3 is 0 Å². The zero-order chi connectivity index (χ0) is 16.6. The maximum absolute atomic E-state index is 12.5. The van der Waals surface area contributed by atoms with Crippen LogP contribution in [0.5, 0.6) is 0 Å². The lowest BCUT2D eigenvalue weighted by atomic mass is 10.1. The number of hydrogen-bond acceptors (Lipinski definition) is 2. The lowest BCUT2D eigenvalue weighted by molar-refractivity contribution is 0.0998. The summed E-state index contributed by atoms with van der Waals surface area (Å²) in [5.74, 6) is -0.194. The van der Waals surface area contributed by atoms with E-state index in [1.54, 1.807) is 0 Å². The number of nitrogens with zero attached hydrogens (tertiary/aromatic N) is 2. The van der Waals surface area contributed by atoms with Crippen LogP contribution < -0.4 is 4.80 Å². The van der Waals surface area contributed by atoms with Crippen molar-refractivity contribution >= 4 is 43.4 Å². The maximum atomic E-state index is 12.5. The van der Waals surface area contributed by atoms with E-state index in [9.17, 15) is 4.79 Å². The summed E-state index contributed by atoms with van der Waals surface area (Å²) in [6, 6.07) is 11.8. The lowest BCUT2D eigenvalue weighted by Crippen LogP contribution is -2.15. The summed E-state index contributed by atoms with van der Waals surface area (Å²) in [6.45, 7) is 6.89. The molecule has 0 bridgehead atoms. The van der Waals surface area contributed by atoms with Gasteiger partial charge in [-0.15, -0.1) is 0 Å². The van der Waals surface area contributed by atoms with Crippen LogP contribution in [0.15, 0.2) is 45.9 Å². The van der Waals surface area contributed by atoms with Crippen molar-refractivity contribution in [2.24, 2.45) is 4.99 Å². The van der Waals surface area contributed by atoms with E-state index in [2.05, 4.69) is 44.5 Å². The number of thiazole rings is 1. The summed E-state index contributed by atoms with van der Waals surface area (Å²) in [5.41, 5.74) is 4.02. The van der Waals surface area contributed by atoms with Crippen LogP contribution in [0.3, 0.4) is 0 Å². The molecule has 3 nitrogen and oxygen atoms in total. The Balaban J connectivity index is 2.12. The third-order valence-electron chi connectivity index (χ3n) is 3.91. The third-order valence-corrected chi connectivity index (χ3v) is 5.45. The fraction of sp³-hybridized carbons (Fsp3) is 0.222. The fourth-order valence-electron chi connectivity index (χ4n) is 2.46. The molecule has 23 heavy (non-hydrogen) atoms. The second kappa shape index (κ2) is 6.42. The first-order valence-electron chi connectivity index (χ1n) is 7.45. The number of aromatic nitrogens is 1. The topological polar surface area (TPSA) is 34.4 Å². The first-order valence-corrected chi connectivity index (χ1v) is 9.05. The van der Waals surface area contributed by atoms with Crippen molar-refractivity contribution in [3.8, 4) is 0 Å². The van der Waals surface area contributed by atoms with Gasteiger partial charge in [0.1, 0.15) is 0 Å². The largest absolute Gasteiger partial charge is 0.317 e. The van der Waals surface area contributed by atoms with E-state index in [0.717, 1.165) is 31.6 Å². The highest BCUT2D eigenvalue weighted by Gasteiger charge is 2.09. The van der Waals surface area contributed by atoms with Crippen LogP contribution in [0.2, 0.25) is 0 Å². The van der Waals surface area contributed by atoms with Crippen LogP contribution in [0.25, 0.3) is 10.2 Å². The molecule has 0 radical (unpaired) electrons. The Morgan fingerprint density at radius 1 is 1.17 bits per heavy atom. The summed E-state index contributed by atoms with van der Waals surface area (Å²) < 4.78 is 4.22. The standard InChI is InChI=1S/C18H17BrN2OS/c1-4-21-15-8-7-14(19)10-16(15)23-18(21)20-17(22)13-6-5-11(2)12(3)9-13/h5-10H,4H2,1-3H3. The van der Waals surface area contributed by atoms with Crippen LogP contribution in [-0.2, 0) is 6.54 Å². The fourth-order valence-corrected chi connectivity index (χ4v) is 4.11. The second-order valence-electron chi connectivity index (χ2n) is 5.46. The van der Waals surface area contributed by atoms with Gasteiger partial charge in [-0.2, -0.15) is 4.99 Å². The van der Waals surface area contributed by atoms with Gasteiger partial charge in [-0.05, 0) is 62.2 Å². The number of aryl methyl sites for hydroxylation is 3. The number of benzene rings is 2. The molecule has 0 aliphatic heterocycles. The molecule has 0 fully saturated rings. The molecule has 0 saturated carbocycles. The molecule has 2 aromatic carbocycles. The highest BCUT2D eigenvalue weighted by atomic mass is 79.9. The van der Waals surface area contributed by atoms with Crippen molar-refractivity contribution < 1.29 is 4.79 Å². The molecular formula is C18H17BrN2OS. The van der Waals surface area contributed by atoms with E-state index in [4.69, 9.17) is 0 Å². The zero-order valence-corrected chi connectivity index (χ0v) is 15.7. The van der Waals surface area contributed by atoms with Crippen LogP contribution in [0, 0.1) is 13.8 Å². The molecule has 0 aliphatic carbocycles.